The second-order valence-electron chi connectivity index (χ2n) is 5.12. The van der Waals surface area contributed by atoms with Crippen molar-refractivity contribution in [1.82, 2.24) is 14.6 Å². The molecule has 0 saturated carbocycles. The van der Waals surface area contributed by atoms with Crippen LogP contribution in [-0.2, 0) is 0 Å². The molecule has 22 heavy (non-hydrogen) atoms. The van der Waals surface area contributed by atoms with Gasteiger partial charge in [-0.2, -0.15) is 4.98 Å². The summed E-state index contributed by atoms with van der Waals surface area (Å²) < 4.78 is 1.89. The summed E-state index contributed by atoms with van der Waals surface area (Å²) in [6.07, 6.45) is 0. The molecule has 0 aliphatic heterocycles. The molecule has 5 heteroatoms. The molecule has 0 spiro atoms. The molecule has 2 aromatic heterocycles. The maximum atomic E-state index is 5.96. The number of thiazole rings is 1. The Morgan fingerprint density at radius 1 is 0.955 bits per heavy atom. The number of hydrogen-bond acceptors (Lipinski definition) is 3. The SMILES string of the molecule is Cc1ccc(-c2nc3scc(-c4ccc(Cl)cc4)n3n2)cc1. The molecule has 0 bridgehead atoms. The van der Waals surface area contributed by atoms with E-state index in [2.05, 4.69) is 46.7 Å². The Labute approximate surface area is 136 Å². The summed E-state index contributed by atoms with van der Waals surface area (Å²) in [6.45, 7) is 2.07. The van der Waals surface area contributed by atoms with Crippen LogP contribution in [0.2, 0.25) is 5.02 Å². The lowest BCUT2D eigenvalue weighted by molar-refractivity contribution is 0.989. The lowest BCUT2D eigenvalue weighted by atomic mass is 10.1. The van der Waals surface area contributed by atoms with Crippen LogP contribution in [0.5, 0.6) is 0 Å². The summed E-state index contributed by atoms with van der Waals surface area (Å²) in [7, 11) is 0. The van der Waals surface area contributed by atoms with Crippen molar-refractivity contribution in [2.45, 2.75) is 6.92 Å². The van der Waals surface area contributed by atoms with E-state index in [9.17, 15) is 0 Å². The molecule has 2 aromatic carbocycles. The van der Waals surface area contributed by atoms with Gasteiger partial charge in [0, 0.05) is 21.5 Å². The molecule has 0 aliphatic carbocycles. The molecule has 0 unspecified atom stereocenters. The van der Waals surface area contributed by atoms with Crippen LogP contribution in [0.1, 0.15) is 5.56 Å². The van der Waals surface area contributed by atoms with Crippen LogP contribution in [0.15, 0.2) is 53.9 Å². The largest absolute Gasteiger partial charge is 0.213 e. The summed E-state index contributed by atoms with van der Waals surface area (Å²) in [4.78, 5) is 5.51. The minimum atomic E-state index is 0.731. The van der Waals surface area contributed by atoms with Crippen molar-refractivity contribution in [2.24, 2.45) is 0 Å². The molecular weight excluding hydrogens is 314 g/mol. The number of aryl methyl sites for hydroxylation is 1. The Bertz CT molecular complexity index is 936. The first-order valence-corrected chi connectivity index (χ1v) is 8.14. The molecule has 0 radical (unpaired) electrons. The van der Waals surface area contributed by atoms with E-state index in [0.29, 0.717) is 0 Å². The Balaban J connectivity index is 1.82. The van der Waals surface area contributed by atoms with Crippen molar-refractivity contribution in [3.05, 3.63) is 64.5 Å². The van der Waals surface area contributed by atoms with Gasteiger partial charge in [0.25, 0.3) is 0 Å². The van der Waals surface area contributed by atoms with Crippen molar-refractivity contribution in [3.63, 3.8) is 0 Å². The van der Waals surface area contributed by atoms with Crippen molar-refractivity contribution >= 4 is 27.9 Å². The molecule has 0 N–H and O–H groups in total. The third-order valence-corrected chi connectivity index (χ3v) is 4.60. The highest BCUT2D eigenvalue weighted by Crippen LogP contribution is 2.28. The van der Waals surface area contributed by atoms with Crippen LogP contribution in [0.25, 0.3) is 27.6 Å². The van der Waals surface area contributed by atoms with Gasteiger partial charge in [-0.05, 0) is 19.1 Å². The predicted molar refractivity (Wildman–Crippen MR) is 91.5 cm³/mol. The number of aromatic nitrogens is 3. The Morgan fingerprint density at radius 2 is 1.64 bits per heavy atom. The smallest absolute Gasteiger partial charge is 0.203 e. The second kappa shape index (κ2) is 5.23. The zero-order valence-electron chi connectivity index (χ0n) is 11.8. The van der Waals surface area contributed by atoms with E-state index in [1.54, 1.807) is 11.3 Å². The topological polar surface area (TPSA) is 30.2 Å². The van der Waals surface area contributed by atoms with E-state index in [0.717, 1.165) is 32.6 Å². The quantitative estimate of drug-likeness (QED) is 0.514. The molecule has 0 fully saturated rings. The average Bonchev–Trinajstić information content (AvgIpc) is 3.09. The fraction of sp³-hybridized carbons (Fsp3) is 0.0588. The summed E-state index contributed by atoms with van der Waals surface area (Å²) in [5.74, 6) is 0.752. The average molecular weight is 326 g/mol. The number of fused-ring (bicyclic) bond motifs is 1. The van der Waals surface area contributed by atoms with Crippen LogP contribution >= 0.6 is 22.9 Å². The van der Waals surface area contributed by atoms with Gasteiger partial charge in [-0.15, -0.1) is 16.4 Å². The van der Waals surface area contributed by atoms with Gasteiger partial charge >= 0.3 is 0 Å². The summed E-state index contributed by atoms with van der Waals surface area (Å²) >= 11 is 7.54. The first-order valence-electron chi connectivity index (χ1n) is 6.88. The van der Waals surface area contributed by atoms with Crippen molar-refractivity contribution in [3.8, 4) is 22.6 Å². The van der Waals surface area contributed by atoms with E-state index < -0.39 is 0 Å². The molecule has 108 valence electrons. The van der Waals surface area contributed by atoms with Gasteiger partial charge in [-0.25, -0.2) is 4.52 Å². The number of rotatable bonds is 2. The number of nitrogens with zero attached hydrogens (tertiary/aromatic N) is 3. The molecule has 0 atom stereocenters. The van der Waals surface area contributed by atoms with E-state index in [-0.39, 0.29) is 0 Å². The third kappa shape index (κ3) is 2.30. The summed E-state index contributed by atoms with van der Waals surface area (Å²) in [5, 5.41) is 7.45. The van der Waals surface area contributed by atoms with Gasteiger partial charge in [-0.1, -0.05) is 53.6 Å². The molecular formula is C17H12ClN3S. The Hall–Kier alpha value is -2.17. The highest BCUT2D eigenvalue weighted by atomic mass is 35.5. The summed E-state index contributed by atoms with van der Waals surface area (Å²) in [6, 6.07) is 16.0. The molecule has 0 aliphatic rings. The van der Waals surface area contributed by atoms with Crippen LogP contribution in [-0.4, -0.2) is 14.6 Å². The van der Waals surface area contributed by atoms with E-state index in [4.69, 9.17) is 11.6 Å². The number of halogens is 1. The number of benzene rings is 2. The second-order valence-corrected chi connectivity index (χ2v) is 6.40. The van der Waals surface area contributed by atoms with Crippen molar-refractivity contribution in [1.29, 1.82) is 0 Å². The van der Waals surface area contributed by atoms with Crippen molar-refractivity contribution in [2.75, 3.05) is 0 Å². The maximum absolute atomic E-state index is 5.96. The minimum Gasteiger partial charge on any atom is -0.203 e. The van der Waals surface area contributed by atoms with Gasteiger partial charge in [-0.3, -0.25) is 0 Å². The van der Waals surface area contributed by atoms with Crippen LogP contribution in [0, 0.1) is 6.92 Å². The van der Waals surface area contributed by atoms with Crippen LogP contribution in [0.3, 0.4) is 0 Å². The minimum absolute atomic E-state index is 0.731. The highest BCUT2D eigenvalue weighted by molar-refractivity contribution is 7.15. The lowest BCUT2D eigenvalue weighted by Gasteiger charge is -1.99. The summed E-state index contributed by atoms with van der Waals surface area (Å²) in [5.41, 5.74) is 4.37. The third-order valence-electron chi connectivity index (χ3n) is 3.53. The van der Waals surface area contributed by atoms with Gasteiger partial charge in [0.15, 0.2) is 5.82 Å². The standard InChI is InChI=1S/C17H12ClN3S/c1-11-2-4-13(5-3-11)16-19-17-21(20-16)15(10-22-17)12-6-8-14(18)9-7-12/h2-10H,1H3. The highest BCUT2D eigenvalue weighted by Gasteiger charge is 2.12. The number of hydrogen-bond donors (Lipinski definition) is 0. The van der Waals surface area contributed by atoms with Gasteiger partial charge in [0.2, 0.25) is 4.96 Å². The van der Waals surface area contributed by atoms with E-state index in [1.165, 1.54) is 5.56 Å². The van der Waals surface area contributed by atoms with Crippen molar-refractivity contribution < 1.29 is 0 Å². The fourth-order valence-electron chi connectivity index (χ4n) is 2.33. The maximum Gasteiger partial charge on any atom is 0.213 e. The first-order chi connectivity index (χ1) is 10.7. The first kappa shape index (κ1) is 13.5. The van der Waals surface area contributed by atoms with Crippen LogP contribution in [0.4, 0.5) is 0 Å². The van der Waals surface area contributed by atoms with Gasteiger partial charge < -0.3 is 0 Å². The van der Waals surface area contributed by atoms with E-state index >= 15 is 0 Å². The zero-order chi connectivity index (χ0) is 15.1. The molecule has 0 saturated heterocycles. The van der Waals surface area contributed by atoms with Crippen LogP contribution < -0.4 is 0 Å². The monoisotopic (exact) mass is 325 g/mol. The predicted octanol–water partition coefficient (Wildman–Crippen LogP) is 5.09. The molecule has 0 amide bonds. The van der Waals surface area contributed by atoms with Gasteiger partial charge in [0.1, 0.15) is 0 Å². The molecule has 3 nitrogen and oxygen atoms in total. The molecule has 4 rings (SSSR count). The van der Waals surface area contributed by atoms with Gasteiger partial charge in [0.05, 0.1) is 5.69 Å². The van der Waals surface area contributed by atoms with E-state index in [1.807, 2.05) is 28.8 Å². The molecule has 4 aromatic rings. The normalized spacial score (nSPS) is 11.2. The fourth-order valence-corrected chi connectivity index (χ4v) is 3.28. The Kier molecular flexibility index (Phi) is 3.21. The zero-order valence-corrected chi connectivity index (χ0v) is 13.4. The lowest BCUT2D eigenvalue weighted by Crippen LogP contribution is -1.89. The molecule has 2 heterocycles. The Morgan fingerprint density at radius 3 is 2.36 bits per heavy atom.